The smallest absolute Gasteiger partial charge is 0.0195 e. The van der Waals surface area contributed by atoms with Crippen molar-refractivity contribution in [2.24, 2.45) is 0 Å². The van der Waals surface area contributed by atoms with Crippen molar-refractivity contribution in [3.8, 4) is 0 Å². The van der Waals surface area contributed by atoms with Crippen LogP contribution in [0.2, 0.25) is 0 Å². The van der Waals surface area contributed by atoms with Gasteiger partial charge in [-0.05, 0) is 121 Å². The van der Waals surface area contributed by atoms with Crippen LogP contribution in [0.1, 0.15) is 16.7 Å². The zero-order valence-electron chi connectivity index (χ0n) is 47.0. The Morgan fingerprint density at radius 2 is 0.512 bits per heavy atom. The van der Waals surface area contributed by atoms with Crippen LogP contribution in [0, 0.1) is 0 Å². The van der Waals surface area contributed by atoms with Crippen LogP contribution < -0.4 is 47.7 Å². The molecule has 0 saturated carbocycles. The largest absolute Gasteiger partial charge is 0.0622 e. The van der Waals surface area contributed by atoms with Crippen LogP contribution in [0.4, 0.5) is 13.2 Å². The molecule has 1 radical (unpaired) electrons. The van der Waals surface area contributed by atoms with Gasteiger partial charge in [0.15, 0.2) is 10.1 Å². The van der Waals surface area contributed by atoms with Gasteiger partial charge in [0.25, 0.3) is 0 Å². The number of hydrogen-bond acceptors (Lipinski definition) is 3. The maximum atomic E-state index is 10.7. The van der Waals surface area contributed by atoms with Gasteiger partial charge in [0, 0.05) is 5.30 Å². The fourth-order valence-corrected chi connectivity index (χ4v) is 22.1. The Morgan fingerprint density at radius 1 is 0.326 bits per heavy atom. The van der Waals surface area contributed by atoms with Crippen molar-refractivity contribution in [3.63, 3.8) is 0 Å². The Balaban J connectivity index is 0.000000158. The molecule has 1 aliphatic heterocycles. The average molecular weight is 1330 g/mol. The molecule has 13 heteroatoms. The Kier molecular flexibility index (Phi) is 25.3. The van der Waals surface area contributed by atoms with Crippen LogP contribution in [0.25, 0.3) is 0 Å². The molecule has 1 aliphatic rings. The molecule has 0 spiro atoms. The van der Waals surface area contributed by atoms with Crippen LogP contribution in [0.5, 0.6) is 0 Å². The second kappa shape index (κ2) is 33.1. The maximum Gasteiger partial charge on any atom is -0.0195 e. The minimum Gasteiger partial charge on any atom is -0.0622 e. The molecule has 3 nitrogen and oxygen atoms in total. The molecule has 434 valence electrons. The molecular formula is C73H64F3O3P5RuS. The van der Waals surface area contributed by atoms with E-state index in [-0.39, 0.29) is 56.6 Å². The number of fused-ring (bicyclic) bond motifs is 1. The van der Waals surface area contributed by atoms with Crippen LogP contribution in [0.15, 0.2) is 328 Å². The van der Waals surface area contributed by atoms with Gasteiger partial charge in [-0.3, -0.25) is 0 Å². The Morgan fingerprint density at radius 3 is 0.721 bits per heavy atom. The quantitative estimate of drug-likeness (QED) is 0.0419. The zero-order valence-corrected chi connectivity index (χ0v) is 54.1. The summed E-state index contributed by atoms with van der Waals surface area (Å²) in [5.41, 5.74) is -1.68. The summed E-state index contributed by atoms with van der Waals surface area (Å²) < 4.78 is 58.9. The molecule has 11 aromatic carbocycles. The minimum atomic E-state index is -6.09. The molecular weight excluding hydrogens is 1270 g/mol. The standard InChI is InChI=1S/2C26H24P2.C20H15P.CHF3O3S.Ru.H/c2*1-5-13-23(14-6-1)27(24-15-7-2-8-16-24)21-22-28(25-17-9-3-10-18-25)26-19-11-4-12-20-26;1-3-9-16(10-4-1)20(17-11-5-2-6-12-17)15-21-19-14-8-7-13-18(19)20;2-1(3,4)8(5,6)7;;/h2*1-20H,21-22H2;1-15H;(H,5,6,7);;/q;;;;+1;/p-1. The first kappa shape index (κ1) is 65.6. The van der Waals surface area contributed by atoms with Crippen LogP contribution in [-0.2, 0) is 35.0 Å². The summed E-state index contributed by atoms with van der Waals surface area (Å²) in [7, 11) is -6.18. The topological polar surface area (TPSA) is 57.2 Å². The Hall–Kier alpha value is -6.37. The summed E-state index contributed by atoms with van der Waals surface area (Å²) in [6.45, 7) is 0. The molecule has 11 aromatic rings. The Labute approximate surface area is 525 Å². The third-order valence-corrected chi connectivity index (χ3v) is 26.6. The molecule has 0 atom stereocenters. The fourth-order valence-electron chi connectivity index (χ4n) is 10.1. The normalized spacial score (nSPS) is 12.3. The monoisotopic (exact) mass is 1330 g/mol. The van der Waals surface area contributed by atoms with E-state index in [2.05, 4.69) is 333 Å². The van der Waals surface area contributed by atoms with E-state index in [1.54, 1.807) is 0 Å². The van der Waals surface area contributed by atoms with Crippen LogP contribution in [-0.4, -0.2) is 48.9 Å². The predicted molar refractivity (Wildman–Crippen MR) is 365 cm³/mol. The molecule has 12 rings (SSSR count). The molecule has 0 amide bonds. The molecule has 0 aromatic heterocycles. The van der Waals surface area contributed by atoms with E-state index < -0.39 is 15.6 Å². The van der Waals surface area contributed by atoms with Crippen molar-refractivity contribution >= 4 is 104 Å². The van der Waals surface area contributed by atoms with Gasteiger partial charge in [0.1, 0.15) is 0 Å². The third-order valence-electron chi connectivity index (χ3n) is 14.1. The van der Waals surface area contributed by atoms with E-state index >= 15 is 0 Å². The summed E-state index contributed by atoms with van der Waals surface area (Å²) in [6.07, 6.45) is 4.83. The molecule has 1 heterocycles. The van der Waals surface area contributed by atoms with Crippen molar-refractivity contribution < 1.29 is 45.6 Å². The first-order valence-corrected chi connectivity index (χ1v) is 36.3. The number of benzene rings is 11. The van der Waals surface area contributed by atoms with Gasteiger partial charge in [0.2, 0.25) is 0 Å². The van der Waals surface area contributed by atoms with Gasteiger partial charge in [-0.2, -0.15) is 13.2 Å². The van der Waals surface area contributed by atoms with Crippen molar-refractivity contribution in [2.45, 2.75) is 10.9 Å². The first-order valence-electron chi connectivity index (χ1n) is 27.8. The molecule has 86 heavy (non-hydrogen) atoms. The van der Waals surface area contributed by atoms with E-state index in [4.69, 9.17) is 13.0 Å². The number of alkyl halides is 3. The summed E-state index contributed by atoms with van der Waals surface area (Å²) in [4.78, 5) is 0. The van der Waals surface area contributed by atoms with Crippen LogP contribution in [0.3, 0.4) is 0 Å². The first-order chi connectivity index (χ1) is 41.5. The summed E-state index contributed by atoms with van der Waals surface area (Å²) >= 11 is 0. The summed E-state index contributed by atoms with van der Waals surface area (Å²) in [6, 6.07) is 119. The van der Waals surface area contributed by atoms with E-state index in [0.29, 0.717) is 0 Å². The second-order valence-corrected chi connectivity index (χ2v) is 31.2. The molecule has 0 saturated heterocycles. The van der Waals surface area contributed by atoms with Gasteiger partial charge < -0.3 is 4.55 Å². The Bertz CT molecular complexity index is 3330. The fraction of sp³-hybridized carbons (Fsp3) is 0.0822. The molecule has 0 aliphatic carbocycles. The van der Waals surface area contributed by atoms with Crippen molar-refractivity contribution in [1.82, 2.24) is 0 Å². The summed E-state index contributed by atoms with van der Waals surface area (Å²) in [5.74, 6) is 2.43. The SMILES string of the molecule is C1=Pc2ccccc2C1(c1ccccc1)c1ccccc1.O=S(=O)([O-])C(F)(F)F.[RuH+].c1ccc(P(CCP(c2ccccc2)c2ccccc2)c2ccccc2)cc1.c1ccc(P(CCP(c2ccccc2)c2ccccc2)c2ccccc2)cc1. The third kappa shape index (κ3) is 17.9. The van der Waals surface area contributed by atoms with E-state index in [0.717, 1.165) is 0 Å². The average Bonchev–Trinajstić information content (AvgIpc) is 1.84. The van der Waals surface area contributed by atoms with Crippen molar-refractivity contribution in [2.75, 3.05) is 24.6 Å². The van der Waals surface area contributed by atoms with Crippen LogP contribution >= 0.6 is 39.9 Å². The predicted octanol–water partition coefficient (Wildman–Crippen LogP) is 14.7. The number of rotatable bonds is 16. The van der Waals surface area contributed by atoms with E-state index in [1.165, 1.54) is 97.3 Å². The molecule has 0 N–H and O–H groups in total. The van der Waals surface area contributed by atoms with E-state index in [9.17, 15) is 13.2 Å². The second-order valence-electron chi connectivity index (χ2n) is 19.5. The van der Waals surface area contributed by atoms with Gasteiger partial charge in [-0.25, -0.2) is 8.42 Å². The maximum absolute atomic E-state index is 10.7. The van der Waals surface area contributed by atoms with Gasteiger partial charge in [-0.1, -0.05) is 336 Å². The summed E-state index contributed by atoms with van der Waals surface area (Å²) in [5, 5.41) is 13.2. The van der Waals surface area contributed by atoms with Crippen molar-refractivity contribution in [3.05, 3.63) is 344 Å². The van der Waals surface area contributed by atoms with Gasteiger partial charge in [0.05, 0.1) is 5.41 Å². The zero-order chi connectivity index (χ0) is 59.2. The molecule has 0 unspecified atom stereocenters. The molecule has 0 bridgehead atoms. The van der Waals surface area contributed by atoms with E-state index in [1.807, 2.05) is 0 Å². The number of hydrogen-bond donors (Lipinski definition) is 0. The van der Waals surface area contributed by atoms with Gasteiger partial charge >= 0.3 is 25.0 Å². The van der Waals surface area contributed by atoms with Crippen molar-refractivity contribution in [1.29, 1.82) is 0 Å². The number of halogens is 3. The molecule has 0 fully saturated rings. The van der Waals surface area contributed by atoms with Gasteiger partial charge in [-0.15, -0.1) is 0 Å². The minimum absolute atomic E-state index is 0.